The number of ether oxygens (including phenoxy) is 3. The van der Waals surface area contributed by atoms with Gasteiger partial charge in [0.2, 0.25) is 0 Å². The summed E-state index contributed by atoms with van der Waals surface area (Å²) in [5, 5.41) is 7.33. The van der Waals surface area contributed by atoms with E-state index in [0.717, 1.165) is 17.0 Å². The molecule has 0 aliphatic rings. The second kappa shape index (κ2) is 10.2. The van der Waals surface area contributed by atoms with Gasteiger partial charge in [-0.15, -0.1) is 0 Å². The molecule has 2 aromatic rings. The second-order valence-electron chi connectivity index (χ2n) is 6.06. The second-order valence-corrected chi connectivity index (χ2v) is 6.06. The molecule has 7 heteroatoms. The maximum atomic E-state index is 12.4. The molecule has 0 spiro atoms. The number of hydrogen-bond acceptors (Lipinski definition) is 6. The van der Waals surface area contributed by atoms with E-state index in [1.54, 1.807) is 34.1 Å². The summed E-state index contributed by atoms with van der Waals surface area (Å²) >= 11 is 0. The molecule has 0 aromatic heterocycles. The van der Waals surface area contributed by atoms with Crippen LogP contribution < -0.4 is 25.0 Å². The van der Waals surface area contributed by atoms with Crippen LogP contribution in [0.4, 0.5) is 5.69 Å². The molecule has 28 heavy (non-hydrogen) atoms. The highest BCUT2D eigenvalue weighted by atomic mass is 16.5. The fraction of sp³-hybridized carbons (Fsp3) is 0.333. The van der Waals surface area contributed by atoms with Crippen molar-refractivity contribution in [1.29, 1.82) is 0 Å². The minimum Gasteiger partial charge on any atom is -0.497 e. The van der Waals surface area contributed by atoms with E-state index in [1.165, 1.54) is 0 Å². The molecule has 2 aromatic carbocycles. The van der Waals surface area contributed by atoms with Crippen LogP contribution in [0, 0.1) is 0 Å². The van der Waals surface area contributed by atoms with Crippen LogP contribution in [0.25, 0.3) is 0 Å². The molecule has 1 amide bonds. The average Bonchev–Trinajstić information content (AvgIpc) is 2.72. The highest BCUT2D eigenvalue weighted by Gasteiger charge is 2.13. The Morgan fingerprint density at radius 1 is 1.07 bits per heavy atom. The van der Waals surface area contributed by atoms with Crippen LogP contribution in [0.5, 0.6) is 17.2 Å². The number of methoxy groups -OCH3 is 2. The minimum absolute atomic E-state index is 0.249. The predicted octanol–water partition coefficient (Wildman–Crippen LogP) is 3.44. The van der Waals surface area contributed by atoms with Gasteiger partial charge in [0.05, 0.1) is 26.5 Å². The van der Waals surface area contributed by atoms with E-state index in [4.69, 9.17) is 14.2 Å². The van der Waals surface area contributed by atoms with Crippen molar-refractivity contribution in [1.82, 2.24) is 5.43 Å². The lowest BCUT2D eigenvalue weighted by Gasteiger charge is -2.15. The summed E-state index contributed by atoms with van der Waals surface area (Å²) in [6.07, 6.45) is 0. The zero-order valence-electron chi connectivity index (χ0n) is 16.9. The number of anilines is 1. The summed E-state index contributed by atoms with van der Waals surface area (Å²) in [5.41, 5.74) is 4.81. The summed E-state index contributed by atoms with van der Waals surface area (Å²) < 4.78 is 16.0. The molecule has 1 unspecified atom stereocenters. The Morgan fingerprint density at radius 3 is 2.36 bits per heavy atom. The fourth-order valence-corrected chi connectivity index (χ4v) is 2.52. The number of carbonyl (C=O) groups excluding carboxylic acids is 1. The minimum atomic E-state index is -0.466. The van der Waals surface area contributed by atoms with Crippen LogP contribution >= 0.6 is 0 Å². The molecule has 1 atom stereocenters. The van der Waals surface area contributed by atoms with Crippen molar-refractivity contribution >= 4 is 17.3 Å². The third kappa shape index (κ3) is 5.64. The van der Waals surface area contributed by atoms with Crippen LogP contribution in [0.3, 0.4) is 0 Å². The quantitative estimate of drug-likeness (QED) is 0.510. The monoisotopic (exact) mass is 385 g/mol. The van der Waals surface area contributed by atoms with Crippen molar-refractivity contribution in [3.8, 4) is 17.2 Å². The van der Waals surface area contributed by atoms with Crippen molar-refractivity contribution in [2.45, 2.75) is 26.8 Å². The molecule has 0 fully saturated rings. The van der Waals surface area contributed by atoms with Gasteiger partial charge in [0.15, 0.2) is 0 Å². The smallest absolute Gasteiger partial charge is 0.262 e. The summed E-state index contributed by atoms with van der Waals surface area (Å²) in [4.78, 5) is 12.4. The van der Waals surface area contributed by atoms with Gasteiger partial charge in [-0.25, -0.2) is 5.43 Å². The average molecular weight is 385 g/mol. The van der Waals surface area contributed by atoms with E-state index >= 15 is 0 Å². The zero-order chi connectivity index (χ0) is 20.5. The topological polar surface area (TPSA) is 81.2 Å². The Bertz CT molecular complexity index is 819. The molecule has 0 heterocycles. The first-order valence-corrected chi connectivity index (χ1v) is 9.04. The number of hydrogen-bond donors (Lipinski definition) is 2. The zero-order valence-corrected chi connectivity index (χ0v) is 16.9. The molecule has 150 valence electrons. The van der Waals surface area contributed by atoms with Crippen molar-refractivity contribution in [2.75, 3.05) is 26.1 Å². The van der Waals surface area contributed by atoms with Gasteiger partial charge in [-0.3, -0.25) is 4.79 Å². The molecule has 7 nitrogen and oxygen atoms in total. The lowest BCUT2D eigenvalue weighted by molar-refractivity contribution is -0.121. The van der Waals surface area contributed by atoms with Gasteiger partial charge in [-0.05, 0) is 57.2 Å². The summed E-state index contributed by atoms with van der Waals surface area (Å²) in [5.74, 6) is 1.85. The Kier molecular flexibility index (Phi) is 7.68. The number of carbonyl (C=O) groups is 1. The number of nitrogens with zero attached hydrogens (tertiary/aromatic N) is 1. The first-order chi connectivity index (χ1) is 13.5. The molecular weight excluding hydrogens is 358 g/mol. The summed E-state index contributed by atoms with van der Waals surface area (Å²) in [6.45, 7) is 6.12. The summed E-state index contributed by atoms with van der Waals surface area (Å²) in [7, 11) is 3.17. The van der Waals surface area contributed by atoms with E-state index in [-0.39, 0.29) is 5.91 Å². The third-order valence-corrected chi connectivity index (χ3v) is 4.07. The first-order valence-electron chi connectivity index (χ1n) is 9.04. The Hall–Kier alpha value is -3.22. The Balaban J connectivity index is 1.99. The number of nitrogens with one attached hydrogen (secondary N) is 2. The van der Waals surface area contributed by atoms with Crippen LogP contribution in [0.15, 0.2) is 47.6 Å². The van der Waals surface area contributed by atoms with E-state index in [2.05, 4.69) is 15.8 Å². The molecule has 0 aliphatic heterocycles. The molecule has 0 saturated carbocycles. The van der Waals surface area contributed by atoms with Crippen molar-refractivity contribution in [2.24, 2.45) is 5.10 Å². The van der Waals surface area contributed by atoms with Gasteiger partial charge in [0.1, 0.15) is 23.3 Å². The number of rotatable bonds is 9. The van der Waals surface area contributed by atoms with Gasteiger partial charge in [0, 0.05) is 17.3 Å². The lowest BCUT2D eigenvalue weighted by Crippen LogP contribution is -2.35. The fourth-order valence-electron chi connectivity index (χ4n) is 2.52. The van der Waals surface area contributed by atoms with Gasteiger partial charge in [-0.2, -0.15) is 5.10 Å². The number of benzene rings is 2. The summed E-state index contributed by atoms with van der Waals surface area (Å²) in [6, 6.07) is 12.4. The molecule has 0 radical (unpaired) electrons. The lowest BCUT2D eigenvalue weighted by atomic mass is 10.1. The largest absolute Gasteiger partial charge is 0.497 e. The van der Waals surface area contributed by atoms with E-state index in [0.29, 0.717) is 23.8 Å². The maximum Gasteiger partial charge on any atom is 0.262 e. The Morgan fingerprint density at radius 2 is 1.75 bits per heavy atom. The van der Waals surface area contributed by atoms with Crippen LogP contribution in [-0.4, -0.2) is 38.5 Å². The maximum absolute atomic E-state index is 12.4. The van der Waals surface area contributed by atoms with Crippen molar-refractivity contribution < 1.29 is 19.0 Å². The van der Waals surface area contributed by atoms with Crippen molar-refractivity contribution in [3.63, 3.8) is 0 Å². The van der Waals surface area contributed by atoms with Gasteiger partial charge in [-0.1, -0.05) is 0 Å². The van der Waals surface area contributed by atoms with E-state index in [9.17, 15) is 4.79 Å². The van der Waals surface area contributed by atoms with E-state index in [1.807, 2.05) is 43.3 Å². The molecule has 0 aliphatic carbocycles. The normalized spacial score (nSPS) is 12.1. The van der Waals surface area contributed by atoms with Crippen LogP contribution in [0.2, 0.25) is 0 Å². The highest BCUT2D eigenvalue weighted by Crippen LogP contribution is 2.25. The van der Waals surface area contributed by atoms with Gasteiger partial charge >= 0.3 is 0 Å². The Labute approximate surface area is 165 Å². The third-order valence-electron chi connectivity index (χ3n) is 4.07. The van der Waals surface area contributed by atoms with Crippen LogP contribution in [-0.2, 0) is 4.79 Å². The van der Waals surface area contributed by atoms with Crippen LogP contribution in [0.1, 0.15) is 26.3 Å². The van der Waals surface area contributed by atoms with E-state index < -0.39 is 6.04 Å². The number of amides is 1. The predicted molar refractivity (Wildman–Crippen MR) is 111 cm³/mol. The number of hydrazone groups is 1. The standard InChI is InChI=1S/C21H27N3O4/c1-6-28-17-9-7-16(8-10-17)22-15(3)21(25)24-23-14(2)19-12-11-18(26-4)13-20(19)27-5/h7-13,15,22H,6H2,1-5H3,(H,24,25)/b23-14-. The molecular formula is C21H27N3O4. The van der Waals surface area contributed by atoms with Gasteiger partial charge in [0.25, 0.3) is 5.91 Å². The van der Waals surface area contributed by atoms with Crippen molar-refractivity contribution in [3.05, 3.63) is 48.0 Å². The highest BCUT2D eigenvalue weighted by molar-refractivity contribution is 6.02. The first kappa shape index (κ1) is 21.1. The molecule has 0 saturated heterocycles. The molecule has 2 rings (SSSR count). The molecule has 2 N–H and O–H groups in total. The van der Waals surface area contributed by atoms with Gasteiger partial charge < -0.3 is 19.5 Å². The SMILES string of the molecule is CCOc1ccc(NC(C)C(=O)N/N=C(/C)c2ccc(OC)cc2OC)cc1. The molecule has 0 bridgehead atoms.